The molecule has 2 aromatic rings. The Morgan fingerprint density at radius 3 is 2.04 bits per heavy atom. The Kier molecular flexibility index (Phi) is 7.37. The van der Waals surface area contributed by atoms with Gasteiger partial charge >= 0.3 is 5.97 Å². The van der Waals surface area contributed by atoms with Crippen LogP contribution in [0.15, 0.2) is 53.4 Å². The molecule has 0 amide bonds. The van der Waals surface area contributed by atoms with Crippen molar-refractivity contribution in [3.05, 3.63) is 59.7 Å². The van der Waals surface area contributed by atoms with E-state index in [4.69, 9.17) is 14.8 Å². The molecule has 0 fully saturated rings. The van der Waals surface area contributed by atoms with Crippen molar-refractivity contribution in [2.75, 3.05) is 6.54 Å². The van der Waals surface area contributed by atoms with Gasteiger partial charge in [-0.05, 0) is 36.8 Å². The minimum absolute atomic E-state index is 0.0547. The van der Waals surface area contributed by atoms with Crippen molar-refractivity contribution in [2.45, 2.75) is 18.4 Å². The fourth-order valence-corrected chi connectivity index (χ4v) is 2.12. The van der Waals surface area contributed by atoms with Gasteiger partial charge in [0.1, 0.15) is 5.75 Å². The van der Waals surface area contributed by atoms with Crippen LogP contribution in [0.5, 0.6) is 5.75 Å². The third-order valence-electron chi connectivity index (χ3n) is 2.86. The topological polar surface area (TPSA) is 124 Å². The molecule has 0 unspecified atom stereocenters. The Hall–Kier alpha value is -2.42. The largest absolute Gasteiger partial charge is 0.508 e. The maximum atomic E-state index is 10.5. The first-order valence-electron chi connectivity index (χ1n) is 6.93. The molecule has 2 aromatic carbocycles. The molecular weight excluding hydrogens is 334 g/mol. The van der Waals surface area contributed by atoms with E-state index in [2.05, 4.69) is 5.32 Å². The van der Waals surface area contributed by atoms with Crippen molar-refractivity contribution in [2.24, 2.45) is 0 Å². The highest BCUT2D eigenvalue weighted by Gasteiger charge is 2.06. The molecule has 4 N–H and O–H groups in total. The van der Waals surface area contributed by atoms with Crippen molar-refractivity contribution in [1.82, 2.24) is 5.32 Å². The molecule has 0 aliphatic rings. The second-order valence-corrected chi connectivity index (χ2v) is 6.37. The van der Waals surface area contributed by atoms with Gasteiger partial charge in [-0.25, -0.2) is 0 Å². The molecule has 0 aromatic heterocycles. The maximum Gasteiger partial charge on any atom is 0.317 e. The monoisotopic (exact) mass is 353 g/mol. The number of aliphatic carboxylic acids is 1. The molecule has 0 spiro atoms. The summed E-state index contributed by atoms with van der Waals surface area (Å²) >= 11 is 0. The maximum absolute atomic E-state index is 10.5. The summed E-state index contributed by atoms with van der Waals surface area (Å²) in [5, 5.41) is 20.0. The van der Waals surface area contributed by atoms with Gasteiger partial charge in [0.15, 0.2) is 0 Å². The third-order valence-corrected chi connectivity index (χ3v) is 3.73. The van der Waals surface area contributed by atoms with Gasteiger partial charge in [0.25, 0.3) is 10.1 Å². The first-order valence-corrected chi connectivity index (χ1v) is 8.37. The summed E-state index contributed by atoms with van der Waals surface area (Å²) in [5.74, 6) is -0.666. The lowest BCUT2D eigenvalue weighted by Gasteiger charge is -2.01. The molecule has 8 heteroatoms. The van der Waals surface area contributed by atoms with Gasteiger partial charge < -0.3 is 15.5 Å². The van der Waals surface area contributed by atoms with Gasteiger partial charge in [-0.1, -0.05) is 29.8 Å². The summed E-state index contributed by atoms with van der Waals surface area (Å²) in [4.78, 5) is 10.1. The van der Waals surface area contributed by atoms with Gasteiger partial charge in [-0.15, -0.1) is 0 Å². The Morgan fingerprint density at radius 1 is 1.04 bits per heavy atom. The number of rotatable bonds is 5. The average molecular weight is 353 g/mol. The molecule has 0 radical (unpaired) electrons. The SMILES string of the molecule is Cc1ccc(S(=O)(=O)O)cc1.O=C(O)CNCc1ccc(O)cc1. The van der Waals surface area contributed by atoms with E-state index in [1.54, 1.807) is 36.4 Å². The summed E-state index contributed by atoms with van der Waals surface area (Å²) in [7, 11) is -4.02. The quantitative estimate of drug-likeness (QED) is 0.604. The number of nitrogens with one attached hydrogen (secondary N) is 1. The predicted octanol–water partition coefficient (Wildman–Crippen LogP) is 1.81. The van der Waals surface area contributed by atoms with Gasteiger partial charge in [-0.2, -0.15) is 8.42 Å². The number of aryl methyl sites for hydroxylation is 1. The van der Waals surface area contributed by atoms with Crippen molar-refractivity contribution in [1.29, 1.82) is 0 Å². The molecule has 0 heterocycles. The molecule has 24 heavy (non-hydrogen) atoms. The molecule has 0 aliphatic heterocycles. The van der Waals surface area contributed by atoms with Gasteiger partial charge in [0, 0.05) is 6.54 Å². The highest BCUT2D eigenvalue weighted by atomic mass is 32.2. The second-order valence-electron chi connectivity index (χ2n) is 4.95. The zero-order valence-corrected chi connectivity index (χ0v) is 13.8. The van der Waals surface area contributed by atoms with E-state index >= 15 is 0 Å². The van der Waals surface area contributed by atoms with Crippen LogP contribution in [0.1, 0.15) is 11.1 Å². The van der Waals surface area contributed by atoms with Gasteiger partial charge in [0.05, 0.1) is 11.4 Å². The van der Waals surface area contributed by atoms with Crippen LogP contribution in [-0.2, 0) is 21.5 Å². The zero-order chi connectivity index (χ0) is 18.2. The van der Waals surface area contributed by atoms with E-state index < -0.39 is 16.1 Å². The van der Waals surface area contributed by atoms with E-state index in [1.807, 2.05) is 6.92 Å². The molecular formula is C16H19NO6S. The molecule has 0 saturated carbocycles. The lowest BCUT2D eigenvalue weighted by Crippen LogP contribution is -2.21. The number of hydrogen-bond donors (Lipinski definition) is 4. The fraction of sp³-hybridized carbons (Fsp3) is 0.188. The van der Waals surface area contributed by atoms with Crippen molar-refractivity contribution in [3.63, 3.8) is 0 Å². The molecule has 130 valence electrons. The minimum atomic E-state index is -4.02. The summed E-state index contributed by atoms with van der Waals surface area (Å²) < 4.78 is 29.6. The average Bonchev–Trinajstić information content (AvgIpc) is 2.49. The van der Waals surface area contributed by atoms with Crippen molar-refractivity contribution >= 4 is 16.1 Å². The van der Waals surface area contributed by atoms with Crippen LogP contribution in [0.4, 0.5) is 0 Å². The number of carbonyl (C=O) groups is 1. The number of phenols is 1. The number of phenolic OH excluding ortho intramolecular Hbond substituents is 1. The van der Waals surface area contributed by atoms with Gasteiger partial charge in [0.2, 0.25) is 0 Å². The number of benzene rings is 2. The highest BCUT2D eigenvalue weighted by molar-refractivity contribution is 7.85. The standard InChI is InChI=1S/C9H11NO3.C7H8O3S/c11-8-3-1-7(2-4-8)5-10-6-9(12)13;1-6-2-4-7(5-3-6)11(8,9)10/h1-4,10-11H,5-6H2,(H,12,13);2-5H,1H3,(H,8,9,10). The second kappa shape index (κ2) is 9.02. The summed E-state index contributed by atoms with van der Waals surface area (Å²) in [6.45, 7) is 2.28. The zero-order valence-electron chi connectivity index (χ0n) is 13.0. The Bertz CT molecular complexity index is 754. The molecule has 2 rings (SSSR count). The summed E-state index contributed by atoms with van der Waals surface area (Å²) in [6.07, 6.45) is 0. The van der Waals surface area contributed by atoms with E-state index in [0.717, 1.165) is 11.1 Å². The van der Waals surface area contributed by atoms with Crippen LogP contribution in [0.2, 0.25) is 0 Å². The van der Waals surface area contributed by atoms with Crippen LogP contribution in [0, 0.1) is 6.92 Å². The Labute approximate surface area is 140 Å². The smallest absolute Gasteiger partial charge is 0.317 e. The first-order chi connectivity index (χ1) is 11.2. The van der Waals surface area contributed by atoms with Crippen LogP contribution in [0.3, 0.4) is 0 Å². The Morgan fingerprint density at radius 2 is 1.58 bits per heavy atom. The number of hydrogen-bond acceptors (Lipinski definition) is 5. The third kappa shape index (κ3) is 7.73. The van der Waals surface area contributed by atoms with Crippen LogP contribution < -0.4 is 5.32 Å². The molecule has 0 atom stereocenters. The lowest BCUT2D eigenvalue weighted by atomic mass is 10.2. The number of carboxylic acids is 1. The van der Waals surface area contributed by atoms with Crippen LogP contribution >= 0.6 is 0 Å². The minimum Gasteiger partial charge on any atom is -0.508 e. The fourth-order valence-electron chi connectivity index (χ4n) is 1.64. The normalized spacial score (nSPS) is 10.6. The summed E-state index contributed by atoms with van der Waals surface area (Å²) in [6, 6.07) is 12.6. The van der Waals surface area contributed by atoms with E-state index in [1.165, 1.54) is 12.1 Å². The van der Waals surface area contributed by atoms with Crippen molar-refractivity contribution in [3.8, 4) is 5.75 Å². The molecule has 0 saturated heterocycles. The van der Waals surface area contributed by atoms with E-state index in [-0.39, 0.29) is 17.2 Å². The van der Waals surface area contributed by atoms with Crippen molar-refractivity contribution < 1.29 is 28.0 Å². The Balaban J connectivity index is 0.000000243. The molecule has 7 nitrogen and oxygen atoms in total. The molecule has 0 bridgehead atoms. The predicted molar refractivity (Wildman–Crippen MR) is 88.4 cm³/mol. The number of aromatic hydroxyl groups is 1. The number of carboxylic acid groups (broad SMARTS) is 1. The van der Waals surface area contributed by atoms with Crippen LogP contribution in [0.25, 0.3) is 0 Å². The van der Waals surface area contributed by atoms with E-state index in [9.17, 15) is 13.2 Å². The summed E-state index contributed by atoms with van der Waals surface area (Å²) in [5.41, 5.74) is 1.90. The van der Waals surface area contributed by atoms with Gasteiger partial charge in [-0.3, -0.25) is 9.35 Å². The highest BCUT2D eigenvalue weighted by Crippen LogP contribution is 2.09. The molecule has 0 aliphatic carbocycles. The lowest BCUT2D eigenvalue weighted by molar-refractivity contribution is -0.136. The van der Waals surface area contributed by atoms with E-state index in [0.29, 0.717) is 6.54 Å². The first kappa shape index (κ1) is 19.6. The van der Waals surface area contributed by atoms with Crippen LogP contribution in [-0.4, -0.2) is 35.7 Å².